The fraction of sp³-hybridized carbons (Fsp3) is 0.333. The van der Waals surface area contributed by atoms with Crippen LogP contribution in [0.1, 0.15) is 37.5 Å². The summed E-state index contributed by atoms with van der Waals surface area (Å²) in [4.78, 5) is 0. The maximum atomic E-state index is 3.58. The van der Waals surface area contributed by atoms with Crippen molar-refractivity contribution >= 4 is 21.6 Å². The molecule has 1 N–H and O–H groups in total. The summed E-state index contributed by atoms with van der Waals surface area (Å²) in [5.41, 5.74) is 5.29. The summed E-state index contributed by atoms with van der Waals surface area (Å²) in [6.07, 6.45) is 0. The maximum Gasteiger partial charge on any atom is 0.0489 e. The summed E-state index contributed by atoms with van der Waals surface area (Å²) >= 11 is 3.58. The highest BCUT2D eigenvalue weighted by Crippen LogP contribution is 2.25. The van der Waals surface area contributed by atoms with Crippen LogP contribution in [0.15, 0.2) is 46.9 Å². The van der Waals surface area contributed by atoms with Gasteiger partial charge in [-0.3, -0.25) is 0 Å². The van der Waals surface area contributed by atoms with Crippen LogP contribution < -0.4 is 5.32 Å². The number of rotatable bonds is 3. The third-order valence-corrected chi connectivity index (χ3v) is 4.12. The normalized spacial score (nSPS) is 11.4. The van der Waals surface area contributed by atoms with Crippen molar-refractivity contribution in [1.82, 2.24) is 0 Å². The summed E-state index contributed by atoms with van der Waals surface area (Å²) in [5, 5.41) is 3.48. The van der Waals surface area contributed by atoms with Gasteiger partial charge in [0.05, 0.1) is 0 Å². The van der Waals surface area contributed by atoms with E-state index >= 15 is 0 Å². The van der Waals surface area contributed by atoms with Crippen LogP contribution in [0.5, 0.6) is 0 Å². The first-order valence-electron chi connectivity index (χ1n) is 6.96. The van der Waals surface area contributed by atoms with Gasteiger partial charge in [-0.25, -0.2) is 0 Å². The number of halogens is 1. The molecule has 2 aromatic carbocycles. The van der Waals surface area contributed by atoms with Crippen molar-refractivity contribution < 1.29 is 0 Å². The molecule has 0 unspecified atom stereocenters. The van der Waals surface area contributed by atoms with Gasteiger partial charge in [0.1, 0.15) is 0 Å². The van der Waals surface area contributed by atoms with E-state index in [4.69, 9.17) is 0 Å². The van der Waals surface area contributed by atoms with E-state index in [1.54, 1.807) is 0 Å². The first-order chi connectivity index (χ1) is 9.36. The van der Waals surface area contributed by atoms with Gasteiger partial charge in [0.15, 0.2) is 0 Å². The van der Waals surface area contributed by atoms with E-state index in [9.17, 15) is 0 Å². The van der Waals surface area contributed by atoms with Gasteiger partial charge < -0.3 is 5.32 Å². The lowest BCUT2D eigenvalue weighted by atomic mass is 9.87. The molecule has 1 nitrogen and oxygen atoms in total. The van der Waals surface area contributed by atoms with Crippen molar-refractivity contribution in [3.8, 4) is 0 Å². The molecule has 0 aliphatic rings. The topological polar surface area (TPSA) is 12.0 Å². The number of aryl methyl sites for hydroxylation is 1. The third-order valence-electron chi connectivity index (χ3n) is 3.42. The Bertz CT molecular complexity index is 579. The van der Waals surface area contributed by atoms with Crippen molar-refractivity contribution in [3.63, 3.8) is 0 Å². The minimum atomic E-state index is 0.214. The van der Waals surface area contributed by atoms with Gasteiger partial charge in [0.2, 0.25) is 0 Å². The molecule has 2 heteroatoms. The quantitative estimate of drug-likeness (QED) is 0.764. The summed E-state index contributed by atoms with van der Waals surface area (Å²) in [5.74, 6) is 0. The molecule has 0 heterocycles. The Balaban J connectivity index is 2.06. The van der Waals surface area contributed by atoms with Crippen LogP contribution >= 0.6 is 15.9 Å². The molecule has 2 aromatic rings. The Hall–Kier alpha value is -1.28. The van der Waals surface area contributed by atoms with Crippen molar-refractivity contribution in [2.75, 3.05) is 5.32 Å². The molecular formula is C18H22BrN. The highest BCUT2D eigenvalue weighted by atomic mass is 79.9. The Morgan fingerprint density at radius 1 is 1.00 bits per heavy atom. The molecule has 0 amide bonds. The number of benzene rings is 2. The fourth-order valence-corrected chi connectivity index (χ4v) is 2.48. The van der Waals surface area contributed by atoms with E-state index in [2.05, 4.69) is 91.4 Å². The molecule has 0 aliphatic heterocycles. The number of anilines is 1. The predicted octanol–water partition coefficient (Wildman–Crippen LogP) is 5.67. The molecule has 2 rings (SSSR count). The highest BCUT2D eigenvalue weighted by Gasteiger charge is 2.12. The van der Waals surface area contributed by atoms with Crippen LogP contribution in [-0.2, 0) is 12.0 Å². The smallest absolute Gasteiger partial charge is 0.0489 e. The zero-order valence-corrected chi connectivity index (χ0v) is 14.2. The van der Waals surface area contributed by atoms with E-state index in [1.807, 2.05) is 0 Å². The molecule has 0 radical (unpaired) electrons. The average molecular weight is 332 g/mol. The molecule has 0 fully saturated rings. The van der Waals surface area contributed by atoms with Gasteiger partial charge in [-0.05, 0) is 57.1 Å². The van der Waals surface area contributed by atoms with Gasteiger partial charge in [0, 0.05) is 16.7 Å². The van der Waals surface area contributed by atoms with E-state index in [1.165, 1.54) is 16.7 Å². The Morgan fingerprint density at radius 3 is 2.25 bits per heavy atom. The maximum absolute atomic E-state index is 3.58. The Labute approximate surface area is 130 Å². The molecule has 20 heavy (non-hydrogen) atoms. The third kappa shape index (κ3) is 3.86. The average Bonchev–Trinajstić information content (AvgIpc) is 2.39. The molecule has 0 bridgehead atoms. The van der Waals surface area contributed by atoms with Crippen molar-refractivity contribution in [3.05, 3.63) is 63.6 Å². The van der Waals surface area contributed by atoms with Crippen LogP contribution in [0.4, 0.5) is 5.69 Å². The second-order valence-electron chi connectivity index (χ2n) is 6.28. The monoisotopic (exact) mass is 331 g/mol. The standard InChI is InChI=1S/C18H22BrN/c1-13-5-10-16(19)17(11-13)20-12-14-6-8-15(9-7-14)18(2,3)4/h5-11,20H,12H2,1-4H3. The lowest BCUT2D eigenvalue weighted by Crippen LogP contribution is -2.11. The van der Waals surface area contributed by atoms with Gasteiger partial charge in [-0.15, -0.1) is 0 Å². The van der Waals surface area contributed by atoms with Crippen molar-refractivity contribution in [1.29, 1.82) is 0 Å². The van der Waals surface area contributed by atoms with Crippen LogP contribution in [-0.4, -0.2) is 0 Å². The van der Waals surface area contributed by atoms with Gasteiger partial charge in [-0.1, -0.05) is 51.1 Å². The minimum Gasteiger partial charge on any atom is -0.380 e. The molecule has 0 spiro atoms. The van der Waals surface area contributed by atoms with Crippen LogP contribution in [0.3, 0.4) is 0 Å². The lowest BCUT2D eigenvalue weighted by molar-refractivity contribution is 0.590. The lowest BCUT2D eigenvalue weighted by Gasteiger charge is -2.19. The zero-order valence-electron chi connectivity index (χ0n) is 12.6. The SMILES string of the molecule is Cc1ccc(Br)c(NCc2ccc(C(C)(C)C)cc2)c1. The number of hydrogen-bond acceptors (Lipinski definition) is 1. The molecule has 0 saturated carbocycles. The largest absolute Gasteiger partial charge is 0.380 e. The Kier molecular flexibility index (Phi) is 4.54. The van der Waals surface area contributed by atoms with E-state index < -0.39 is 0 Å². The van der Waals surface area contributed by atoms with Crippen molar-refractivity contribution in [2.24, 2.45) is 0 Å². The summed E-state index contributed by atoms with van der Waals surface area (Å²) in [6, 6.07) is 15.2. The van der Waals surface area contributed by atoms with E-state index in [0.717, 1.165) is 16.7 Å². The zero-order chi connectivity index (χ0) is 14.8. The second kappa shape index (κ2) is 6.01. The predicted molar refractivity (Wildman–Crippen MR) is 91.3 cm³/mol. The fourth-order valence-electron chi connectivity index (χ4n) is 2.09. The van der Waals surface area contributed by atoms with Gasteiger partial charge in [-0.2, -0.15) is 0 Å². The molecule has 0 aliphatic carbocycles. The summed E-state index contributed by atoms with van der Waals surface area (Å²) < 4.78 is 1.11. The molecule has 0 saturated heterocycles. The molecule has 106 valence electrons. The number of hydrogen-bond donors (Lipinski definition) is 1. The summed E-state index contributed by atoms with van der Waals surface area (Å²) in [6.45, 7) is 9.67. The highest BCUT2D eigenvalue weighted by molar-refractivity contribution is 9.10. The van der Waals surface area contributed by atoms with Crippen LogP contribution in [0.2, 0.25) is 0 Å². The first kappa shape index (κ1) is 15.1. The van der Waals surface area contributed by atoms with Crippen molar-refractivity contribution in [2.45, 2.75) is 39.7 Å². The first-order valence-corrected chi connectivity index (χ1v) is 7.75. The number of nitrogens with one attached hydrogen (secondary N) is 1. The van der Waals surface area contributed by atoms with Crippen LogP contribution in [0.25, 0.3) is 0 Å². The van der Waals surface area contributed by atoms with Gasteiger partial charge >= 0.3 is 0 Å². The Morgan fingerprint density at radius 2 is 1.65 bits per heavy atom. The summed E-state index contributed by atoms with van der Waals surface area (Å²) in [7, 11) is 0. The van der Waals surface area contributed by atoms with Crippen LogP contribution in [0, 0.1) is 6.92 Å². The minimum absolute atomic E-state index is 0.214. The van der Waals surface area contributed by atoms with Gasteiger partial charge in [0.25, 0.3) is 0 Å². The van der Waals surface area contributed by atoms with E-state index in [0.29, 0.717) is 0 Å². The molecule has 0 atom stereocenters. The molecule has 0 aromatic heterocycles. The van der Waals surface area contributed by atoms with E-state index in [-0.39, 0.29) is 5.41 Å². The molecular weight excluding hydrogens is 310 g/mol. The second-order valence-corrected chi connectivity index (χ2v) is 7.14.